The van der Waals surface area contributed by atoms with Gasteiger partial charge in [0.25, 0.3) is 0 Å². The van der Waals surface area contributed by atoms with E-state index < -0.39 is 0 Å². The summed E-state index contributed by atoms with van der Waals surface area (Å²) in [6.07, 6.45) is 18.6. The molecule has 1 unspecified atom stereocenters. The van der Waals surface area contributed by atoms with Crippen molar-refractivity contribution in [2.45, 2.75) is 71.8 Å². The summed E-state index contributed by atoms with van der Waals surface area (Å²) < 4.78 is 5.72. The lowest BCUT2D eigenvalue weighted by Gasteiger charge is -2.58. The van der Waals surface area contributed by atoms with Crippen LogP contribution in [-0.2, 0) is 4.74 Å². The number of fused-ring (bicyclic) bond motifs is 5. The number of aromatic nitrogens is 1. The molecule has 0 spiro atoms. The van der Waals surface area contributed by atoms with Crippen LogP contribution in [-0.4, -0.2) is 18.2 Å². The minimum atomic E-state index is 0.322. The number of hydrogen-bond acceptors (Lipinski definition) is 2. The number of nitrogens with zero attached hydrogens (tertiary/aromatic N) is 1. The second-order valence-electron chi connectivity index (χ2n) is 10.4. The minimum absolute atomic E-state index is 0.322. The van der Waals surface area contributed by atoms with Crippen molar-refractivity contribution in [3.8, 4) is 0 Å². The summed E-state index contributed by atoms with van der Waals surface area (Å²) in [7, 11) is 1.89. The Balaban J connectivity index is 1.45. The molecular weight excluding hydrogens is 342 g/mol. The molecule has 2 saturated carbocycles. The van der Waals surface area contributed by atoms with Crippen LogP contribution < -0.4 is 0 Å². The van der Waals surface area contributed by atoms with Gasteiger partial charge in [0, 0.05) is 19.5 Å². The molecule has 5 rings (SSSR count). The molecule has 4 aliphatic rings. The molecule has 0 aromatic carbocycles. The van der Waals surface area contributed by atoms with E-state index in [0.717, 1.165) is 24.2 Å². The Morgan fingerprint density at radius 3 is 2.61 bits per heavy atom. The first-order chi connectivity index (χ1) is 13.5. The molecule has 2 nitrogen and oxygen atoms in total. The number of methoxy groups -OCH3 is 1. The molecule has 28 heavy (non-hydrogen) atoms. The average Bonchev–Trinajstić information content (AvgIpc) is 3.04. The van der Waals surface area contributed by atoms with Gasteiger partial charge in [-0.1, -0.05) is 31.6 Å². The zero-order chi connectivity index (χ0) is 19.5. The van der Waals surface area contributed by atoms with Crippen molar-refractivity contribution in [2.75, 3.05) is 7.11 Å². The zero-order valence-electron chi connectivity index (χ0n) is 18.0. The van der Waals surface area contributed by atoms with E-state index in [1.807, 2.05) is 13.3 Å². The van der Waals surface area contributed by atoms with E-state index in [0.29, 0.717) is 16.9 Å². The maximum Gasteiger partial charge on any atom is 0.0608 e. The molecule has 0 N–H and O–H groups in total. The van der Waals surface area contributed by atoms with Crippen molar-refractivity contribution in [3.63, 3.8) is 0 Å². The third-order valence-electron chi connectivity index (χ3n) is 9.16. The summed E-state index contributed by atoms with van der Waals surface area (Å²) in [5.74, 6) is 2.47. The number of rotatable bonds is 2. The number of ether oxygens (including phenoxy) is 1. The van der Waals surface area contributed by atoms with Gasteiger partial charge in [-0.3, -0.25) is 4.98 Å². The van der Waals surface area contributed by atoms with Gasteiger partial charge in [0.1, 0.15) is 0 Å². The molecule has 2 heteroatoms. The SMILES string of the molecule is COC1CC[C@@]2(C)C(=CC[C@@H]3[C@@H]2CC[C@]2(C)C(c4cncc(C)c4)=CC[C@@H]32)C1. The van der Waals surface area contributed by atoms with Crippen molar-refractivity contribution in [3.05, 3.63) is 47.3 Å². The van der Waals surface area contributed by atoms with Crippen LogP contribution in [0.5, 0.6) is 0 Å². The molecule has 2 fully saturated rings. The minimum Gasteiger partial charge on any atom is -0.381 e. The van der Waals surface area contributed by atoms with E-state index >= 15 is 0 Å². The quantitative estimate of drug-likeness (QED) is 0.559. The van der Waals surface area contributed by atoms with Crippen LogP contribution in [0.3, 0.4) is 0 Å². The highest BCUT2D eigenvalue weighted by atomic mass is 16.5. The van der Waals surface area contributed by atoms with E-state index in [-0.39, 0.29) is 0 Å². The molecule has 150 valence electrons. The predicted molar refractivity (Wildman–Crippen MR) is 115 cm³/mol. The molecule has 0 amide bonds. The Kier molecular flexibility index (Phi) is 4.36. The first-order valence-electron chi connectivity index (χ1n) is 11.3. The molecule has 4 aliphatic carbocycles. The smallest absolute Gasteiger partial charge is 0.0608 e. The molecule has 0 radical (unpaired) electrons. The highest BCUT2D eigenvalue weighted by Gasteiger charge is 2.56. The van der Waals surface area contributed by atoms with Gasteiger partial charge in [-0.25, -0.2) is 0 Å². The molecular formula is C26H35NO. The number of aryl methyl sites for hydroxylation is 1. The third-order valence-corrected chi connectivity index (χ3v) is 9.16. The van der Waals surface area contributed by atoms with Gasteiger partial charge in [0.2, 0.25) is 0 Å². The van der Waals surface area contributed by atoms with Crippen molar-refractivity contribution in [1.82, 2.24) is 4.98 Å². The standard InChI is InChI=1S/C26H35NO/c1-17-13-18(16-27-15-17)22-7-8-23-21-6-5-19-14-20(28-4)9-11-25(19,2)24(21)10-12-26(22,23)3/h5,7,13,15-16,20-21,23-24H,6,8-12,14H2,1-4H3/t20?,21-,23-,24-,25-,26+/m0/s1. The molecule has 0 aliphatic heterocycles. The third kappa shape index (κ3) is 2.60. The lowest BCUT2D eigenvalue weighted by Crippen LogP contribution is -2.49. The topological polar surface area (TPSA) is 22.1 Å². The zero-order valence-corrected chi connectivity index (χ0v) is 18.0. The second-order valence-corrected chi connectivity index (χ2v) is 10.4. The molecule has 6 atom stereocenters. The summed E-state index contributed by atoms with van der Waals surface area (Å²) in [5, 5.41) is 0. The Labute approximate surface area is 170 Å². The summed E-state index contributed by atoms with van der Waals surface area (Å²) in [6, 6.07) is 2.34. The van der Waals surface area contributed by atoms with Crippen molar-refractivity contribution in [1.29, 1.82) is 0 Å². The number of allylic oxidation sites excluding steroid dienone is 3. The van der Waals surface area contributed by atoms with E-state index in [4.69, 9.17) is 4.74 Å². The van der Waals surface area contributed by atoms with E-state index in [1.54, 1.807) is 11.1 Å². The predicted octanol–water partition coefficient (Wildman–Crippen LogP) is 6.36. The van der Waals surface area contributed by atoms with Crippen molar-refractivity contribution >= 4 is 5.57 Å². The Morgan fingerprint density at radius 1 is 1.00 bits per heavy atom. The lowest BCUT2D eigenvalue weighted by atomic mass is 9.47. The van der Waals surface area contributed by atoms with Gasteiger partial charge in [-0.2, -0.15) is 0 Å². The lowest BCUT2D eigenvalue weighted by molar-refractivity contribution is -0.0301. The molecule has 1 heterocycles. The van der Waals surface area contributed by atoms with Gasteiger partial charge < -0.3 is 4.74 Å². The fourth-order valence-corrected chi connectivity index (χ4v) is 7.55. The van der Waals surface area contributed by atoms with Crippen LogP contribution in [0, 0.1) is 35.5 Å². The van der Waals surface area contributed by atoms with Crippen LogP contribution in [0.25, 0.3) is 5.57 Å². The number of pyridine rings is 1. The molecule has 1 aromatic heterocycles. The largest absolute Gasteiger partial charge is 0.381 e. The van der Waals surface area contributed by atoms with Crippen molar-refractivity contribution < 1.29 is 4.74 Å². The maximum atomic E-state index is 5.72. The number of hydrogen-bond donors (Lipinski definition) is 0. The van der Waals surface area contributed by atoms with Crippen LogP contribution in [0.2, 0.25) is 0 Å². The highest BCUT2D eigenvalue weighted by molar-refractivity contribution is 5.72. The van der Waals surface area contributed by atoms with Crippen LogP contribution >= 0.6 is 0 Å². The average molecular weight is 378 g/mol. The van der Waals surface area contributed by atoms with Gasteiger partial charge in [0.05, 0.1) is 6.10 Å². The Hall–Kier alpha value is -1.41. The first-order valence-corrected chi connectivity index (χ1v) is 11.3. The van der Waals surface area contributed by atoms with E-state index in [1.165, 1.54) is 49.7 Å². The Bertz CT molecular complexity index is 839. The molecule has 0 saturated heterocycles. The van der Waals surface area contributed by atoms with E-state index in [9.17, 15) is 0 Å². The van der Waals surface area contributed by atoms with Crippen LogP contribution in [0.1, 0.15) is 69.9 Å². The second kappa shape index (κ2) is 6.55. The summed E-state index contributed by atoms with van der Waals surface area (Å²) in [6.45, 7) is 7.30. The van der Waals surface area contributed by atoms with Gasteiger partial charge >= 0.3 is 0 Å². The van der Waals surface area contributed by atoms with Gasteiger partial charge in [0.15, 0.2) is 0 Å². The first kappa shape index (κ1) is 18.6. The Morgan fingerprint density at radius 2 is 1.82 bits per heavy atom. The monoisotopic (exact) mass is 377 g/mol. The summed E-state index contributed by atoms with van der Waals surface area (Å²) in [5.41, 5.74) is 6.66. The van der Waals surface area contributed by atoms with Gasteiger partial charge in [-0.15, -0.1) is 0 Å². The molecule has 0 bridgehead atoms. The van der Waals surface area contributed by atoms with Gasteiger partial charge in [-0.05, 0) is 103 Å². The fourth-order valence-electron chi connectivity index (χ4n) is 7.55. The normalized spacial score (nSPS) is 42.1. The summed E-state index contributed by atoms with van der Waals surface area (Å²) >= 11 is 0. The fraction of sp³-hybridized carbons (Fsp3) is 0.654. The van der Waals surface area contributed by atoms with Crippen molar-refractivity contribution in [2.24, 2.45) is 28.6 Å². The molecule has 1 aromatic rings. The maximum absolute atomic E-state index is 5.72. The van der Waals surface area contributed by atoms with E-state index in [2.05, 4.69) is 50.2 Å². The summed E-state index contributed by atoms with van der Waals surface area (Å²) in [4.78, 5) is 4.50. The van der Waals surface area contributed by atoms with Crippen LogP contribution in [0.4, 0.5) is 0 Å². The van der Waals surface area contributed by atoms with Crippen LogP contribution in [0.15, 0.2) is 36.2 Å². The highest BCUT2D eigenvalue weighted by Crippen LogP contribution is 2.66.